The van der Waals surface area contributed by atoms with Crippen LogP contribution in [-0.2, 0) is 16.1 Å². The molecule has 1 aliphatic heterocycles. The van der Waals surface area contributed by atoms with Crippen molar-refractivity contribution in [3.05, 3.63) is 77.9 Å². The maximum absolute atomic E-state index is 13.0. The van der Waals surface area contributed by atoms with E-state index in [2.05, 4.69) is 10.6 Å². The lowest BCUT2D eigenvalue weighted by atomic mass is 10.0. The molecule has 2 N–H and O–H groups in total. The third-order valence-corrected chi connectivity index (χ3v) is 6.38. The molecule has 0 radical (unpaired) electrons. The van der Waals surface area contributed by atoms with E-state index in [0.717, 1.165) is 33.8 Å². The Morgan fingerprint density at radius 3 is 2.06 bits per heavy atom. The first-order valence-corrected chi connectivity index (χ1v) is 12.1. The summed E-state index contributed by atoms with van der Waals surface area (Å²) < 4.78 is 10.1. The molecule has 1 heterocycles. The van der Waals surface area contributed by atoms with Crippen LogP contribution in [0.15, 0.2) is 66.7 Å². The van der Waals surface area contributed by atoms with Gasteiger partial charge >= 0.3 is 5.97 Å². The fourth-order valence-electron chi connectivity index (χ4n) is 4.34. The highest BCUT2D eigenvalue weighted by Gasteiger charge is 2.38. The summed E-state index contributed by atoms with van der Waals surface area (Å²) in [5, 5.41) is 6.81. The minimum Gasteiger partial charge on any atom is -0.497 e. The number of esters is 1. The fourth-order valence-corrected chi connectivity index (χ4v) is 4.58. The molecule has 0 bridgehead atoms. The second-order valence-corrected chi connectivity index (χ2v) is 9.31. The summed E-state index contributed by atoms with van der Waals surface area (Å²) in [5.41, 5.74) is 5.24. The maximum atomic E-state index is 13.0. The number of carbonyl (C=O) groups is 2. The highest BCUT2D eigenvalue weighted by Crippen LogP contribution is 2.32. The Morgan fingerprint density at radius 1 is 0.917 bits per heavy atom. The number of methoxy groups -OCH3 is 2. The highest BCUT2D eigenvalue weighted by molar-refractivity contribution is 7.80. The number of benzene rings is 3. The Morgan fingerprint density at radius 2 is 1.50 bits per heavy atom. The molecule has 7 nitrogen and oxygen atoms in total. The topological polar surface area (TPSA) is 79.9 Å². The molecular formula is C28H29N3O4S. The minimum absolute atomic E-state index is 0.0551. The lowest BCUT2D eigenvalue weighted by molar-refractivity contribution is -0.147. The summed E-state index contributed by atoms with van der Waals surface area (Å²) in [6.07, 6.45) is 0. The summed E-state index contributed by atoms with van der Waals surface area (Å²) >= 11 is 5.43. The molecule has 0 spiro atoms. The summed E-state index contributed by atoms with van der Waals surface area (Å²) in [7, 11) is 2.98. The summed E-state index contributed by atoms with van der Waals surface area (Å²) in [6.45, 7) is 4.21. The first kappa shape index (κ1) is 25.2. The largest absolute Gasteiger partial charge is 0.497 e. The van der Waals surface area contributed by atoms with Crippen molar-refractivity contribution in [2.45, 2.75) is 26.4 Å². The molecule has 0 saturated heterocycles. The molecular weight excluding hydrogens is 474 g/mol. The van der Waals surface area contributed by atoms with E-state index in [-0.39, 0.29) is 11.8 Å². The Hall–Kier alpha value is -3.91. The lowest BCUT2D eigenvalue weighted by Gasteiger charge is -2.28. The number of anilines is 2. The number of nitrogens with one attached hydrogen (secondary N) is 2. The quantitative estimate of drug-likeness (QED) is 0.333. The van der Waals surface area contributed by atoms with Gasteiger partial charge in [0.15, 0.2) is 5.11 Å². The molecule has 0 unspecified atom stereocenters. The Balaban J connectivity index is 1.44. The van der Waals surface area contributed by atoms with Gasteiger partial charge in [-0.1, -0.05) is 32.0 Å². The van der Waals surface area contributed by atoms with Gasteiger partial charge in [0.2, 0.25) is 0 Å². The molecule has 1 amide bonds. The summed E-state index contributed by atoms with van der Waals surface area (Å²) in [6, 6.07) is 20.6. The molecule has 0 saturated carbocycles. The van der Waals surface area contributed by atoms with Crippen molar-refractivity contribution in [3.63, 3.8) is 0 Å². The van der Waals surface area contributed by atoms with E-state index in [1.807, 2.05) is 80.6 Å². The van der Waals surface area contributed by atoms with Crippen LogP contribution in [0.5, 0.6) is 5.75 Å². The summed E-state index contributed by atoms with van der Waals surface area (Å²) in [5.74, 6) is 0.189. The van der Waals surface area contributed by atoms with Gasteiger partial charge < -0.3 is 25.0 Å². The summed E-state index contributed by atoms with van der Waals surface area (Å²) in [4.78, 5) is 26.9. The van der Waals surface area contributed by atoms with E-state index in [4.69, 9.17) is 21.7 Å². The van der Waals surface area contributed by atoms with Gasteiger partial charge in [0.1, 0.15) is 11.8 Å². The normalized spacial score (nSPS) is 13.2. The van der Waals surface area contributed by atoms with E-state index < -0.39 is 12.0 Å². The van der Waals surface area contributed by atoms with Gasteiger partial charge in [-0.25, -0.2) is 4.79 Å². The van der Waals surface area contributed by atoms with Crippen LogP contribution in [0, 0.1) is 5.92 Å². The van der Waals surface area contributed by atoms with Gasteiger partial charge in [-0.15, -0.1) is 0 Å². The van der Waals surface area contributed by atoms with Crippen LogP contribution >= 0.6 is 12.2 Å². The monoisotopic (exact) mass is 503 g/mol. The average molecular weight is 504 g/mol. The predicted molar refractivity (Wildman–Crippen MR) is 145 cm³/mol. The first-order chi connectivity index (χ1) is 17.3. The molecule has 8 heteroatoms. The zero-order valence-electron chi connectivity index (χ0n) is 20.7. The SMILES string of the molecule is COC(=O)[C@H](C(C)C)N1Cc2cc(-c3ccc(NC(=S)Nc4ccc(OC)cc4)cc3)ccc2C1=O. The Labute approximate surface area is 216 Å². The van der Waals surface area contributed by atoms with Gasteiger partial charge in [0, 0.05) is 23.5 Å². The molecule has 186 valence electrons. The Kier molecular flexibility index (Phi) is 7.55. The second-order valence-electron chi connectivity index (χ2n) is 8.90. The number of thiocarbonyl (C=S) groups is 1. The molecule has 0 aromatic heterocycles. The predicted octanol–water partition coefficient (Wildman–Crippen LogP) is 5.32. The van der Waals surface area contributed by atoms with Crippen molar-refractivity contribution in [1.29, 1.82) is 0 Å². The van der Waals surface area contributed by atoms with Gasteiger partial charge in [0.05, 0.1) is 14.2 Å². The molecule has 36 heavy (non-hydrogen) atoms. The molecule has 3 aromatic carbocycles. The molecule has 4 rings (SSSR count). The molecule has 3 aromatic rings. The van der Waals surface area contributed by atoms with Crippen molar-refractivity contribution >= 4 is 40.6 Å². The van der Waals surface area contributed by atoms with Crippen molar-refractivity contribution in [1.82, 2.24) is 4.90 Å². The van der Waals surface area contributed by atoms with Crippen molar-refractivity contribution in [2.75, 3.05) is 24.9 Å². The van der Waals surface area contributed by atoms with Gasteiger partial charge in [-0.3, -0.25) is 4.79 Å². The van der Waals surface area contributed by atoms with E-state index in [9.17, 15) is 9.59 Å². The number of rotatable bonds is 7. The van der Waals surface area contributed by atoms with Crippen molar-refractivity contribution in [3.8, 4) is 16.9 Å². The van der Waals surface area contributed by atoms with Gasteiger partial charge in [-0.05, 0) is 83.4 Å². The third kappa shape index (κ3) is 5.33. The zero-order valence-corrected chi connectivity index (χ0v) is 21.5. The van der Waals surface area contributed by atoms with E-state index in [1.54, 1.807) is 12.0 Å². The van der Waals surface area contributed by atoms with Crippen LogP contribution in [0.1, 0.15) is 29.8 Å². The minimum atomic E-state index is -0.612. The number of ether oxygens (including phenoxy) is 2. The molecule has 0 fully saturated rings. The van der Waals surface area contributed by atoms with Crippen LogP contribution in [0.3, 0.4) is 0 Å². The van der Waals surface area contributed by atoms with Crippen LogP contribution in [0.25, 0.3) is 11.1 Å². The third-order valence-electron chi connectivity index (χ3n) is 6.17. The molecule has 1 atom stereocenters. The van der Waals surface area contributed by atoms with E-state index in [0.29, 0.717) is 17.2 Å². The molecule has 0 aliphatic carbocycles. The van der Waals surface area contributed by atoms with Gasteiger partial charge in [-0.2, -0.15) is 0 Å². The lowest BCUT2D eigenvalue weighted by Crippen LogP contribution is -2.45. The first-order valence-electron chi connectivity index (χ1n) is 11.6. The van der Waals surface area contributed by atoms with E-state index >= 15 is 0 Å². The van der Waals surface area contributed by atoms with Crippen molar-refractivity contribution < 1.29 is 19.1 Å². The second kappa shape index (κ2) is 10.8. The zero-order chi connectivity index (χ0) is 25.8. The highest BCUT2D eigenvalue weighted by atomic mass is 32.1. The van der Waals surface area contributed by atoms with Crippen LogP contribution < -0.4 is 15.4 Å². The van der Waals surface area contributed by atoms with Crippen molar-refractivity contribution in [2.24, 2.45) is 5.92 Å². The van der Waals surface area contributed by atoms with E-state index in [1.165, 1.54) is 7.11 Å². The Bertz CT molecular complexity index is 1270. The number of nitrogens with zero attached hydrogens (tertiary/aromatic N) is 1. The number of carbonyl (C=O) groups excluding carboxylic acids is 2. The maximum Gasteiger partial charge on any atom is 0.328 e. The smallest absolute Gasteiger partial charge is 0.328 e. The van der Waals surface area contributed by atoms with Crippen LogP contribution in [0.2, 0.25) is 0 Å². The number of hydrogen-bond donors (Lipinski definition) is 2. The van der Waals surface area contributed by atoms with Crippen LogP contribution in [-0.4, -0.2) is 42.2 Å². The van der Waals surface area contributed by atoms with Crippen LogP contribution in [0.4, 0.5) is 11.4 Å². The number of fused-ring (bicyclic) bond motifs is 1. The molecule has 1 aliphatic rings. The standard InChI is InChI=1S/C28H29N3O4S/c1-17(2)25(27(33)35-4)31-16-20-15-19(7-14-24(20)26(31)32)18-5-8-21(9-6-18)29-28(36)30-22-10-12-23(34-3)13-11-22/h5-15,17,25H,16H2,1-4H3,(H2,29,30,36)/t25-/m0/s1. The fraction of sp³-hybridized carbons (Fsp3) is 0.250. The number of hydrogen-bond acceptors (Lipinski definition) is 5. The average Bonchev–Trinajstić information content (AvgIpc) is 3.19. The number of amides is 1. The van der Waals surface area contributed by atoms with Gasteiger partial charge in [0.25, 0.3) is 5.91 Å².